The van der Waals surface area contributed by atoms with E-state index in [0.717, 1.165) is 33.9 Å². The van der Waals surface area contributed by atoms with Gasteiger partial charge in [-0.1, -0.05) is 6.07 Å². The van der Waals surface area contributed by atoms with Crippen LogP contribution in [-0.2, 0) is 6.54 Å². The molecule has 2 aromatic heterocycles. The Hall–Kier alpha value is -2.76. The summed E-state index contributed by atoms with van der Waals surface area (Å²) in [6.07, 6.45) is 0. The number of fused-ring (bicyclic) bond motifs is 2. The van der Waals surface area contributed by atoms with Crippen molar-refractivity contribution in [1.29, 1.82) is 0 Å². The number of hydrogen-bond acceptors (Lipinski definition) is 5. The van der Waals surface area contributed by atoms with Crippen LogP contribution in [0.4, 0.5) is 5.95 Å². The number of pyridine rings is 1. The first-order valence-electron chi connectivity index (χ1n) is 6.68. The lowest BCUT2D eigenvalue weighted by Gasteiger charge is -2.07. The van der Waals surface area contributed by atoms with Crippen LogP contribution < -0.4 is 15.2 Å². The average Bonchev–Trinajstić information content (AvgIpc) is 3.04. The molecule has 3 heterocycles. The maximum atomic E-state index is 6.02. The van der Waals surface area contributed by atoms with Gasteiger partial charge in [0.05, 0.1) is 6.54 Å². The summed E-state index contributed by atoms with van der Waals surface area (Å²) in [5.41, 5.74) is 9.62. The average molecular weight is 282 g/mol. The van der Waals surface area contributed by atoms with E-state index in [1.54, 1.807) is 0 Å². The monoisotopic (exact) mass is 282 g/mol. The smallest absolute Gasteiger partial charge is 0.231 e. The molecule has 4 rings (SSSR count). The van der Waals surface area contributed by atoms with Crippen LogP contribution in [0.15, 0.2) is 30.3 Å². The minimum Gasteiger partial charge on any atom is -0.454 e. The van der Waals surface area contributed by atoms with Crippen molar-refractivity contribution in [2.75, 3.05) is 12.5 Å². The van der Waals surface area contributed by atoms with Gasteiger partial charge in [-0.05, 0) is 36.8 Å². The molecule has 2 N–H and O–H groups in total. The van der Waals surface area contributed by atoms with Gasteiger partial charge in [0.25, 0.3) is 0 Å². The number of ether oxygens (including phenoxy) is 2. The molecule has 0 saturated heterocycles. The lowest BCUT2D eigenvalue weighted by atomic mass is 10.2. The highest BCUT2D eigenvalue weighted by Crippen LogP contribution is 2.33. The summed E-state index contributed by atoms with van der Waals surface area (Å²) in [7, 11) is 0. The first-order valence-corrected chi connectivity index (χ1v) is 6.68. The summed E-state index contributed by atoms with van der Waals surface area (Å²) < 4.78 is 12.6. The number of hydrogen-bond donors (Lipinski definition) is 1. The zero-order valence-electron chi connectivity index (χ0n) is 11.5. The summed E-state index contributed by atoms with van der Waals surface area (Å²) in [6.45, 7) is 2.82. The van der Waals surface area contributed by atoms with Crippen molar-refractivity contribution in [3.63, 3.8) is 0 Å². The molecule has 0 radical (unpaired) electrons. The maximum Gasteiger partial charge on any atom is 0.231 e. The molecular formula is C15H14N4O2. The fraction of sp³-hybridized carbons (Fsp3) is 0.200. The van der Waals surface area contributed by atoms with Crippen LogP contribution in [0, 0.1) is 6.92 Å². The van der Waals surface area contributed by atoms with Crippen LogP contribution in [0.3, 0.4) is 0 Å². The van der Waals surface area contributed by atoms with Gasteiger partial charge in [0.15, 0.2) is 17.1 Å². The SMILES string of the molecule is Cc1ccc2nc(N)n(Cc3ccc4c(c3)OCO4)c2n1. The largest absolute Gasteiger partial charge is 0.454 e. The number of nitrogen functional groups attached to an aromatic ring is 1. The van der Waals surface area contributed by atoms with Crippen molar-refractivity contribution in [2.24, 2.45) is 0 Å². The minimum atomic E-state index is 0.273. The molecule has 0 unspecified atom stereocenters. The van der Waals surface area contributed by atoms with Gasteiger partial charge in [-0.2, -0.15) is 0 Å². The van der Waals surface area contributed by atoms with Crippen molar-refractivity contribution in [3.8, 4) is 11.5 Å². The summed E-state index contributed by atoms with van der Waals surface area (Å²) in [4.78, 5) is 8.87. The van der Waals surface area contributed by atoms with Crippen molar-refractivity contribution < 1.29 is 9.47 Å². The van der Waals surface area contributed by atoms with Crippen molar-refractivity contribution in [1.82, 2.24) is 14.5 Å². The summed E-state index contributed by atoms with van der Waals surface area (Å²) in [5, 5.41) is 0. The second-order valence-corrected chi connectivity index (χ2v) is 5.04. The van der Waals surface area contributed by atoms with E-state index in [-0.39, 0.29) is 6.79 Å². The van der Waals surface area contributed by atoms with Crippen LogP contribution in [0.1, 0.15) is 11.3 Å². The Morgan fingerprint density at radius 2 is 2.00 bits per heavy atom. The number of nitrogens with zero attached hydrogens (tertiary/aromatic N) is 3. The molecule has 21 heavy (non-hydrogen) atoms. The molecule has 0 bridgehead atoms. The highest BCUT2D eigenvalue weighted by Gasteiger charge is 2.15. The highest BCUT2D eigenvalue weighted by molar-refractivity contribution is 5.74. The molecule has 1 aliphatic heterocycles. The van der Waals surface area contributed by atoms with Gasteiger partial charge in [0.2, 0.25) is 12.7 Å². The number of imidazole rings is 1. The van der Waals surface area contributed by atoms with Crippen LogP contribution in [0.5, 0.6) is 11.5 Å². The molecular weight excluding hydrogens is 268 g/mol. The van der Waals surface area contributed by atoms with Gasteiger partial charge < -0.3 is 15.2 Å². The van der Waals surface area contributed by atoms with Crippen LogP contribution in [-0.4, -0.2) is 21.3 Å². The fourth-order valence-electron chi connectivity index (χ4n) is 2.49. The van der Waals surface area contributed by atoms with E-state index in [1.165, 1.54) is 0 Å². The lowest BCUT2D eigenvalue weighted by molar-refractivity contribution is 0.174. The molecule has 0 saturated carbocycles. The Morgan fingerprint density at radius 1 is 1.14 bits per heavy atom. The van der Waals surface area contributed by atoms with Crippen LogP contribution in [0.25, 0.3) is 11.2 Å². The zero-order valence-corrected chi connectivity index (χ0v) is 11.5. The van der Waals surface area contributed by atoms with Gasteiger partial charge in [0, 0.05) is 5.69 Å². The van der Waals surface area contributed by atoms with E-state index in [1.807, 2.05) is 41.8 Å². The van der Waals surface area contributed by atoms with E-state index in [2.05, 4.69) is 9.97 Å². The van der Waals surface area contributed by atoms with E-state index in [4.69, 9.17) is 15.2 Å². The zero-order chi connectivity index (χ0) is 14.4. The molecule has 0 aliphatic carbocycles. The third-order valence-corrected chi connectivity index (χ3v) is 3.54. The van der Waals surface area contributed by atoms with Gasteiger partial charge in [-0.25, -0.2) is 9.97 Å². The third-order valence-electron chi connectivity index (χ3n) is 3.54. The number of rotatable bonds is 2. The van der Waals surface area contributed by atoms with Gasteiger partial charge in [-0.15, -0.1) is 0 Å². The van der Waals surface area contributed by atoms with Crippen molar-refractivity contribution >= 4 is 17.1 Å². The van der Waals surface area contributed by atoms with Gasteiger partial charge in [0.1, 0.15) is 5.52 Å². The third kappa shape index (κ3) is 1.96. The van der Waals surface area contributed by atoms with Crippen LogP contribution >= 0.6 is 0 Å². The molecule has 1 aromatic carbocycles. The normalized spacial score (nSPS) is 13.0. The predicted molar refractivity (Wildman–Crippen MR) is 78.3 cm³/mol. The first kappa shape index (κ1) is 12.0. The second kappa shape index (κ2) is 4.37. The van der Waals surface area contributed by atoms with Crippen molar-refractivity contribution in [3.05, 3.63) is 41.6 Å². The molecule has 3 aromatic rings. The molecule has 0 fully saturated rings. The summed E-state index contributed by atoms with van der Waals surface area (Å²) in [5.74, 6) is 2.00. The number of nitrogens with two attached hydrogens (primary N) is 1. The van der Waals surface area contributed by atoms with E-state index < -0.39 is 0 Å². The number of aryl methyl sites for hydroxylation is 1. The lowest BCUT2D eigenvalue weighted by Crippen LogP contribution is -2.05. The number of benzene rings is 1. The Kier molecular flexibility index (Phi) is 2.50. The summed E-state index contributed by atoms with van der Waals surface area (Å²) in [6, 6.07) is 9.73. The maximum absolute atomic E-state index is 6.02. The molecule has 106 valence electrons. The van der Waals surface area contributed by atoms with E-state index >= 15 is 0 Å². The quantitative estimate of drug-likeness (QED) is 0.779. The Balaban J connectivity index is 1.77. The van der Waals surface area contributed by atoms with Crippen LogP contribution in [0.2, 0.25) is 0 Å². The first-order chi connectivity index (χ1) is 10.2. The van der Waals surface area contributed by atoms with Gasteiger partial charge in [-0.3, -0.25) is 4.57 Å². The number of anilines is 1. The number of aromatic nitrogens is 3. The molecule has 0 atom stereocenters. The van der Waals surface area contributed by atoms with E-state index in [0.29, 0.717) is 12.5 Å². The standard InChI is InChI=1S/C15H14N4O2/c1-9-2-4-11-14(17-9)19(15(16)18-11)7-10-3-5-12-13(6-10)21-8-20-12/h2-6H,7-8H2,1H3,(H2,16,18). The molecule has 0 spiro atoms. The second-order valence-electron chi connectivity index (χ2n) is 5.04. The highest BCUT2D eigenvalue weighted by atomic mass is 16.7. The van der Waals surface area contributed by atoms with E-state index in [9.17, 15) is 0 Å². The Morgan fingerprint density at radius 3 is 2.90 bits per heavy atom. The molecule has 0 amide bonds. The fourth-order valence-corrected chi connectivity index (χ4v) is 2.49. The topological polar surface area (TPSA) is 75.2 Å². The Labute approximate surface area is 121 Å². The minimum absolute atomic E-state index is 0.273. The summed E-state index contributed by atoms with van der Waals surface area (Å²) >= 11 is 0. The molecule has 6 heteroatoms. The molecule has 1 aliphatic rings. The van der Waals surface area contributed by atoms with Crippen molar-refractivity contribution in [2.45, 2.75) is 13.5 Å². The van der Waals surface area contributed by atoms with Gasteiger partial charge >= 0.3 is 0 Å². The Bertz CT molecular complexity index is 841. The molecule has 6 nitrogen and oxygen atoms in total. The predicted octanol–water partition coefficient (Wildman–Crippen LogP) is 2.10.